The number of carbonyl (C=O) groups excluding carboxylic acids is 1. The van der Waals surface area contributed by atoms with Crippen LogP contribution < -0.4 is 15.0 Å². The van der Waals surface area contributed by atoms with Crippen molar-refractivity contribution in [3.8, 4) is 11.5 Å². The zero-order valence-electron chi connectivity index (χ0n) is 17.2. The number of anilines is 1. The highest BCUT2D eigenvalue weighted by Crippen LogP contribution is 2.20. The highest BCUT2D eigenvalue weighted by atomic mass is 19.1. The third-order valence-corrected chi connectivity index (χ3v) is 5.26. The maximum atomic E-state index is 13.1. The van der Waals surface area contributed by atoms with Crippen LogP contribution in [0.3, 0.4) is 0 Å². The molecular formula is C24H25FN4O2. The Kier molecular flexibility index (Phi) is 6.74. The number of nitrogens with zero attached hydrogens (tertiary/aromatic N) is 3. The Morgan fingerprint density at radius 2 is 1.71 bits per heavy atom. The summed E-state index contributed by atoms with van der Waals surface area (Å²) in [4.78, 5) is 21.0. The average Bonchev–Trinajstić information content (AvgIpc) is 2.81. The van der Waals surface area contributed by atoms with Crippen LogP contribution in [0.25, 0.3) is 0 Å². The number of rotatable bonds is 7. The fraction of sp³-hybridized carbons (Fsp3) is 0.250. The second-order valence-electron chi connectivity index (χ2n) is 7.38. The van der Waals surface area contributed by atoms with E-state index in [4.69, 9.17) is 4.74 Å². The molecule has 0 unspecified atom stereocenters. The molecule has 0 radical (unpaired) electrons. The Balaban J connectivity index is 1.18. The van der Waals surface area contributed by atoms with Gasteiger partial charge in [0.25, 0.3) is 5.91 Å². The summed E-state index contributed by atoms with van der Waals surface area (Å²) in [5.74, 6) is 0.995. The van der Waals surface area contributed by atoms with E-state index in [9.17, 15) is 9.18 Å². The molecule has 1 N–H and O–H groups in total. The highest BCUT2D eigenvalue weighted by Gasteiger charge is 2.17. The summed E-state index contributed by atoms with van der Waals surface area (Å²) in [6.07, 6.45) is 3.33. The molecule has 1 saturated heterocycles. The van der Waals surface area contributed by atoms with Crippen LogP contribution in [0.2, 0.25) is 0 Å². The number of carbonyl (C=O) groups is 1. The Morgan fingerprint density at radius 1 is 0.968 bits per heavy atom. The molecule has 31 heavy (non-hydrogen) atoms. The number of piperazine rings is 1. The van der Waals surface area contributed by atoms with Gasteiger partial charge in [0.15, 0.2) is 0 Å². The Bertz CT molecular complexity index is 973. The van der Waals surface area contributed by atoms with Gasteiger partial charge >= 0.3 is 0 Å². The van der Waals surface area contributed by atoms with Gasteiger partial charge in [-0.1, -0.05) is 0 Å². The van der Waals surface area contributed by atoms with Gasteiger partial charge in [-0.15, -0.1) is 0 Å². The molecule has 1 fully saturated rings. The normalized spacial score (nSPS) is 14.3. The summed E-state index contributed by atoms with van der Waals surface area (Å²) in [6, 6.07) is 17.3. The van der Waals surface area contributed by atoms with Gasteiger partial charge in [0.05, 0.1) is 6.20 Å². The van der Waals surface area contributed by atoms with Gasteiger partial charge in [0.2, 0.25) is 0 Å². The molecule has 0 bridgehead atoms. The molecule has 0 spiro atoms. The lowest BCUT2D eigenvalue weighted by Gasteiger charge is -2.36. The van der Waals surface area contributed by atoms with Gasteiger partial charge in [0.1, 0.15) is 17.3 Å². The number of benzene rings is 2. The van der Waals surface area contributed by atoms with E-state index in [1.54, 1.807) is 42.7 Å². The zero-order valence-corrected chi connectivity index (χ0v) is 17.2. The summed E-state index contributed by atoms with van der Waals surface area (Å²) < 4.78 is 18.8. The van der Waals surface area contributed by atoms with Crippen LogP contribution >= 0.6 is 0 Å². The third-order valence-electron chi connectivity index (χ3n) is 5.26. The van der Waals surface area contributed by atoms with Crippen LogP contribution in [0.4, 0.5) is 10.1 Å². The Morgan fingerprint density at radius 3 is 2.39 bits per heavy atom. The number of halogens is 1. The quantitative estimate of drug-likeness (QED) is 0.633. The second kappa shape index (κ2) is 10.0. The minimum absolute atomic E-state index is 0.0992. The van der Waals surface area contributed by atoms with Crippen molar-refractivity contribution in [2.24, 2.45) is 0 Å². The van der Waals surface area contributed by atoms with Crippen LogP contribution in [0.5, 0.6) is 11.5 Å². The highest BCUT2D eigenvalue weighted by molar-refractivity contribution is 5.94. The van der Waals surface area contributed by atoms with Crippen molar-refractivity contribution in [1.29, 1.82) is 0 Å². The van der Waals surface area contributed by atoms with Crippen molar-refractivity contribution >= 4 is 11.6 Å². The maximum Gasteiger partial charge on any atom is 0.251 e. The molecule has 1 amide bonds. The third kappa shape index (κ3) is 5.79. The van der Waals surface area contributed by atoms with Crippen LogP contribution in [-0.2, 0) is 0 Å². The van der Waals surface area contributed by atoms with Gasteiger partial charge in [-0.05, 0) is 60.7 Å². The van der Waals surface area contributed by atoms with E-state index in [2.05, 4.69) is 20.1 Å². The fourth-order valence-electron chi connectivity index (χ4n) is 3.53. The molecule has 0 aliphatic carbocycles. The first kappa shape index (κ1) is 20.8. The van der Waals surface area contributed by atoms with Crippen LogP contribution in [0.1, 0.15) is 10.4 Å². The largest absolute Gasteiger partial charge is 0.456 e. The van der Waals surface area contributed by atoms with Crippen molar-refractivity contribution in [2.45, 2.75) is 0 Å². The smallest absolute Gasteiger partial charge is 0.251 e. The number of nitrogens with one attached hydrogen (secondary N) is 1. The number of hydrogen-bond acceptors (Lipinski definition) is 5. The molecule has 0 atom stereocenters. The fourth-order valence-corrected chi connectivity index (χ4v) is 3.53. The lowest BCUT2D eigenvalue weighted by molar-refractivity contribution is 0.0947. The molecule has 1 aromatic heterocycles. The number of hydrogen-bond donors (Lipinski definition) is 1. The van der Waals surface area contributed by atoms with Crippen molar-refractivity contribution in [1.82, 2.24) is 15.2 Å². The molecular weight excluding hydrogens is 395 g/mol. The number of aromatic nitrogens is 1. The summed E-state index contributed by atoms with van der Waals surface area (Å²) in [6.45, 7) is 4.98. The molecule has 2 heterocycles. The maximum absolute atomic E-state index is 13.1. The van der Waals surface area contributed by atoms with Crippen molar-refractivity contribution < 1.29 is 13.9 Å². The van der Waals surface area contributed by atoms with Gasteiger partial charge in [0, 0.05) is 56.7 Å². The topological polar surface area (TPSA) is 57.7 Å². The van der Waals surface area contributed by atoms with Crippen molar-refractivity contribution in [2.75, 3.05) is 44.2 Å². The molecule has 7 heteroatoms. The molecule has 6 nitrogen and oxygen atoms in total. The van der Waals surface area contributed by atoms with Crippen LogP contribution in [0.15, 0.2) is 73.1 Å². The number of pyridine rings is 1. The van der Waals surface area contributed by atoms with Crippen molar-refractivity contribution in [3.05, 3.63) is 84.4 Å². The molecule has 1 aliphatic rings. The van der Waals surface area contributed by atoms with Crippen LogP contribution in [-0.4, -0.2) is 55.1 Å². The Labute approximate surface area is 181 Å². The van der Waals surface area contributed by atoms with E-state index in [0.29, 0.717) is 23.6 Å². The molecule has 0 saturated carbocycles. The van der Waals surface area contributed by atoms with Gasteiger partial charge in [-0.3, -0.25) is 14.7 Å². The first-order valence-electron chi connectivity index (χ1n) is 10.4. The first-order chi connectivity index (χ1) is 15.2. The minimum Gasteiger partial charge on any atom is -0.456 e. The van der Waals surface area contributed by atoms with E-state index in [1.165, 1.54) is 12.1 Å². The van der Waals surface area contributed by atoms with E-state index in [0.717, 1.165) is 38.4 Å². The number of ether oxygens (including phenoxy) is 1. The summed E-state index contributed by atoms with van der Waals surface area (Å²) in [5, 5.41) is 2.98. The predicted octanol–water partition coefficient (Wildman–Crippen LogP) is 3.57. The molecule has 4 rings (SSSR count). The molecule has 3 aromatic rings. The lowest BCUT2D eigenvalue weighted by Crippen LogP contribution is -2.48. The zero-order chi connectivity index (χ0) is 21.5. The van der Waals surface area contributed by atoms with E-state index < -0.39 is 0 Å². The van der Waals surface area contributed by atoms with Gasteiger partial charge < -0.3 is 15.0 Å². The van der Waals surface area contributed by atoms with Gasteiger partial charge in [-0.25, -0.2) is 4.39 Å². The molecule has 2 aromatic carbocycles. The first-order valence-corrected chi connectivity index (χ1v) is 10.4. The summed E-state index contributed by atoms with van der Waals surface area (Å²) in [5.41, 5.74) is 1.64. The van der Waals surface area contributed by atoms with E-state index in [1.807, 2.05) is 18.2 Å². The van der Waals surface area contributed by atoms with E-state index >= 15 is 0 Å². The predicted molar refractivity (Wildman–Crippen MR) is 118 cm³/mol. The number of amides is 1. The standard InChI is InChI=1S/C24H25FN4O2/c25-20-5-7-21(8-6-20)29-16-14-28(15-17-29)13-12-27-24(30)19-3-9-22(10-4-19)31-23-2-1-11-26-18-23/h1-11,18H,12-17H2,(H,27,30). The summed E-state index contributed by atoms with van der Waals surface area (Å²) in [7, 11) is 0. The molecule has 160 valence electrons. The molecule has 1 aliphatic heterocycles. The minimum atomic E-state index is -0.214. The lowest BCUT2D eigenvalue weighted by atomic mass is 10.2. The SMILES string of the molecule is O=C(NCCN1CCN(c2ccc(F)cc2)CC1)c1ccc(Oc2cccnc2)cc1. The second-order valence-corrected chi connectivity index (χ2v) is 7.38. The van der Waals surface area contributed by atoms with Gasteiger partial charge in [-0.2, -0.15) is 0 Å². The van der Waals surface area contributed by atoms with E-state index in [-0.39, 0.29) is 11.7 Å². The monoisotopic (exact) mass is 420 g/mol. The van der Waals surface area contributed by atoms with Crippen molar-refractivity contribution in [3.63, 3.8) is 0 Å². The van der Waals surface area contributed by atoms with Crippen LogP contribution in [0, 0.1) is 5.82 Å². The summed E-state index contributed by atoms with van der Waals surface area (Å²) >= 11 is 0. The Hall–Kier alpha value is -3.45. The average molecular weight is 420 g/mol.